The van der Waals surface area contributed by atoms with Gasteiger partial charge in [0.2, 0.25) is 0 Å². The van der Waals surface area contributed by atoms with Crippen LogP contribution >= 0.6 is 0 Å². The molecule has 0 bridgehead atoms. The minimum Gasteiger partial charge on any atom is -0.355 e. The van der Waals surface area contributed by atoms with Crippen molar-refractivity contribution in [3.63, 3.8) is 0 Å². The van der Waals surface area contributed by atoms with Crippen molar-refractivity contribution >= 4 is 0 Å². The maximum atomic E-state index is 4.00. The Bertz CT molecular complexity index is 239. The van der Waals surface area contributed by atoms with Gasteiger partial charge in [-0.15, -0.1) is 0 Å². The first kappa shape index (κ1) is 17.1. The van der Waals surface area contributed by atoms with Gasteiger partial charge in [-0.3, -0.25) is 0 Å². The first-order chi connectivity index (χ1) is 6.34. The molecule has 0 atom stereocenters. The predicted molar refractivity (Wildman–Crippen MR) is 57.6 cm³/mol. The van der Waals surface area contributed by atoms with Crippen LogP contribution in [-0.4, -0.2) is 15.0 Å². The SMILES string of the molecule is CC(C)(C)c1n[c-]ncn1.C[C-](C)C.[W+2]. The normalized spacial score (nSPS) is 10.1. The van der Waals surface area contributed by atoms with Gasteiger partial charge < -0.3 is 20.9 Å². The van der Waals surface area contributed by atoms with Crippen molar-refractivity contribution in [1.29, 1.82) is 0 Å². The fraction of sp³-hybridized carbons (Fsp3) is 0.636. The molecular weight excluding hydrogens is 358 g/mol. The molecule has 15 heavy (non-hydrogen) atoms. The third kappa shape index (κ3) is 9.99. The van der Waals surface area contributed by atoms with Crippen molar-refractivity contribution < 1.29 is 21.1 Å². The number of aromatic nitrogens is 3. The van der Waals surface area contributed by atoms with Crippen LogP contribution < -0.4 is 0 Å². The summed E-state index contributed by atoms with van der Waals surface area (Å²) in [6.45, 7) is 12.4. The molecule has 1 aromatic heterocycles. The van der Waals surface area contributed by atoms with Gasteiger partial charge >= 0.3 is 21.1 Å². The van der Waals surface area contributed by atoms with E-state index in [-0.39, 0.29) is 26.5 Å². The second-order valence-corrected chi connectivity index (χ2v) is 4.66. The number of hydrogen-bond donors (Lipinski definition) is 0. The molecule has 0 aromatic carbocycles. The summed E-state index contributed by atoms with van der Waals surface area (Å²) >= 11 is 0. The molecule has 0 N–H and O–H groups in total. The van der Waals surface area contributed by atoms with E-state index in [0.29, 0.717) is 0 Å². The van der Waals surface area contributed by atoms with Crippen LogP contribution in [0.4, 0.5) is 0 Å². The predicted octanol–water partition coefficient (Wildman–Crippen LogP) is 2.59. The number of rotatable bonds is 0. The molecule has 0 unspecified atom stereocenters. The minimum absolute atomic E-state index is 0. The van der Waals surface area contributed by atoms with Gasteiger partial charge in [-0.25, -0.2) is 0 Å². The minimum atomic E-state index is -0.000556. The maximum absolute atomic E-state index is 4.00. The molecule has 0 aliphatic rings. The Balaban J connectivity index is 0. The summed E-state index contributed by atoms with van der Waals surface area (Å²) in [4.78, 5) is 11.5. The maximum Gasteiger partial charge on any atom is 2.00 e. The Kier molecular flexibility index (Phi) is 9.03. The van der Waals surface area contributed by atoms with Crippen molar-refractivity contribution in [3.8, 4) is 0 Å². The molecule has 1 rings (SSSR count). The van der Waals surface area contributed by atoms with Crippen LogP contribution in [0.15, 0.2) is 6.33 Å². The van der Waals surface area contributed by atoms with Crippen molar-refractivity contribution in [2.45, 2.75) is 47.0 Å². The molecule has 0 aliphatic carbocycles. The summed E-state index contributed by atoms with van der Waals surface area (Å²) in [6, 6.07) is 0. The quantitative estimate of drug-likeness (QED) is 0.653. The van der Waals surface area contributed by atoms with E-state index < -0.39 is 0 Å². The first-order valence-electron chi connectivity index (χ1n) is 4.66. The molecule has 0 fully saturated rings. The average molecular weight is 377 g/mol. The smallest absolute Gasteiger partial charge is 0.355 e. The van der Waals surface area contributed by atoms with Gasteiger partial charge in [0, 0.05) is 18.5 Å². The third-order valence-corrected chi connectivity index (χ3v) is 1.12. The fourth-order valence-corrected chi connectivity index (χ4v) is 0.576. The van der Waals surface area contributed by atoms with Crippen LogP contribution in [0.2, 0.25) is 0 Å². The standard InChI is InChI=1S/C7H10N3.C4H9.W/c1-7(2,3)6-9-4-8-5-10-6;1-4(2)3;/h4H,1-3H3;1-3H3;/q2*-1;+2. The molecule has 1 heterocycles. The summed E-state index contributed by atoms with van der Waals surface area (Å²) in [5.74, 6) is 2.20. The molecule has 0 saturated carbocycles. The number of hydrogen-bond acceptors (Lipinski definition) is 3. The molecule has 1 aromatic rings. The average Bonchev–Trinajstić information content (AvgIpc) is 2.03. The Morgan fingerprint density at radius 2 is 1.67 bits per heavy atom. The zero-order valence-electron chi connectivity index (χ0n) is 10.3. The Hall–Kier alpha value is -0.302. The number of nitrogens with zero attached hydrogens (tertiary/aromatic N) is 3. The van der Waals surface area contributed by atoms with Gasteiger partial charge in [-0.1, -0.05) is 20.8 Å². The fourth-order valence-electron chi connectivity index (χ4n) is 0.576. The summed E-state index contributed by atoms with van der Waals surface area (Å²) in [5.41, 5.74) is -0.000556. The Morgan fingerprint density at radius 3 is 1.87 bits per heavy atom. The zero-order valence-corrected chi connectivity index (χ0v) is 13.3. The summed E-state index contributed by atoms with van der Waals surface area (Å²) in [5, 5.41) is 0. The van der Waals surface area contributed by atoms with Gasteiger partial charge in [0.05, 0.1) is 0 Å². The van der Waals surface area contributed by atoms with Gasteiger partial charge in [-0.2, -0.15) is 20.8 Å². The molecule has 0 amide bonds. The van der Waals surface area contributed by atoms with Crippen LogP contribution in [0.3, 0.4) is 0 Å². The molecule has 0 saturated heterocycles. The summed E-state index contributed by atoms with van der Waals surface area (Å²) in [6.07, 6.45) is 3.97. The van der Waals surface area contributed by atoms with E-state index in [4.69, 9.17) is 0 Å². The van der Waals surface area contributed by atoms with Crippen molar-refractivity contribution in [3.05, 3.63) is 24.4 Å². The Morgan fingerprint density at radius 1 is 1.20 bits per heavy atom. The second-order valence-electron chi connectivity index (χ2n) is 4.66. The van der Waals surface area contributed by atoms with Crippen molar-refractivity contribution in [1.82, 2.24) is 15.0 Å². The Labute approximate surface area is 107 Å². The van der Waals surface area contributed by atoms with E-state index in [1.54, 1.807) is 0 Å². The van der Waals surface area contributed by atoms with E-state index in [0.717, 1.165) is 5.82 Å². The van der Waals surface area contributed by atoms with Gasteiger partial charge in [0.15, 0.2) is 0 Å². The van der Waals surface area contributed by atoms with Crippen LogP contribution in [-0.2, 0) is 26.5 Å². The first-order valence-corrected chi connectivity index (χ1v) is 4.66. The van der Waals surface area contributed by atoms with E-state index in [9.17, 15) is 0 Å². The summed E-state index contributed by atoms with van der Waals surface area (Å²) < 4.78 is 0. The van der Waals surface area contributed by atoms with Gasteiger partial charge in [0.1, 0.15) is 0 Å². The molecule has 4 heteroatoms. The topological polar surface area (TPSA) is 38.7 Å². The van der Waals surface area contributed by atoms with Gasteiger partial charge in [-0.05, 0) is 5.41 Å². The largest absolute Gasteiger partial charge is 2.00 e. The van der Waals surface area contributed by atoms with Gasteiger partial charge in [0.25, 0.3) is 0 Å². The van der Waals surface area contributed by atoms with Crippen molar-refractivity contribution in [2.75, 3.05) is 0 Å². The molecule has 0 spiro atoms. The molecule has 0 aliphatic heterocycles. The van der Waals surface area contributed by atoms with E-state index in [2.05, 4.69) is 62.8 Å². The van der Waals surface area contributed by atoms with Crippen LogP contribution in [0.1, 0.15) is 47.4 Å². The van der Waals surface area contributed by atoms with E-state index in [1.165, 1.54) is 12.2 Å². The van der Waals surface area contributed by atoms with Crippen molar-refractivity contribution in [2.24, 2.45) is 0 Å². The van der Waals surface area contributed by atoms with Crippen LogP contribution in [0, 0.1) is 12.2 Å². The molecule has 0 radical (unpaired) electrons. The second kappa shape index (κ2) is 7.92. The monoisotopic (exact) mass is 377 g/mol. The van der Waals surface area contributed by atoms with Crippen LogP contribution in [0.5, 0.6) is 0 Å². The van der Waals surface area contributed by atoms with E-state index in [1.807, 2.05) is 0 Å². The molecular formula is C11H19N3W. The zero-order chi connectivity index (χ0) is 11.2. The third-order valence-electron chi connectivity index (χ3n) is 1.12. The molecule has 3 nitrogen and oxygen atoms in total. The van der Waals surface area contributed by atoms with E-state index >= 15 is 0 Å². The molecule has 84 valence electrons. The summed E-state index contributed by atoms with van der Waals surface area (Å²) in [7, 11) is 0. The van der Waals surface area contributed by atoms with Crippen LogP contribution in [0.25, 0.3) is 0 Å².